The molecule has 3 nitrogen and oxygen atoms in total. The average molecular weight is 262 g/mol. The molecule has 2 aromatic rings. The van der Waals surface area contributed by atoms with E-state index in [1.165, 1.54) is 10.6 Å². The number of carbonyl (C=O) groups excluding carboxylic acids is 1. The molecule has 0 atom stereocenters. The Labute approximate surface area is 110 Å². The summed E-state index contributed by atoms with van der Waals surface area (Å²) in [4.78, 5) is 23.7. The molecule has 1 aromatic heterocycles. The molecular formula is C14H12ClNO2. The van der Waals surface area contributed by atoms with Crippen molar-refractivity contribution in [2.24, 2.45) is 0 Å². The first-order chi connectivity index (χ1) is 8.58. The Morgan fingerprint density at radius 2 is 1.94 bits per heavy atom. The van der Waals surface area contributed by atoms with E-state index in [0.29, 0.717) is 10.6 Å². The van der Waals surface area contributed by atoms with Crippen LogP contribution in [0.1, 0.15) is 16.1 Å². The van der Waals surface area contributed by atoms with E-state index in [-0.39, 0.29) is 17.9 Å². The van der Waals surface area contributed by atoms with Gasteiger partial charge in [-0.05, 0) is 25.1 Å². The fraction of sp³-hybridized carbons (Fsp3) is 0.143. The van der Waals surface area contributed by atoms with Crippen LogP contribution in [0.4, 0.5) is 0 Å². The molecule has 0 saturated carbocycles. The van der Waals surface area contributed by atoms with Crippen LogP contribution in [0, 0.1) is 6.92 Å². The van der Waals surface area contributed by atoms with Crippen molar-refractivity contribution >= 4 is 17.4 Å². The second-order valence-corrected chi connectivity index (χ2v) is 4.46. The van der Waals surface area contributed by atoms with E-state index in [1.54, 1.807) is 43.3 Å². The van der Waals surface area contributed by atoms with Gasteiger partial charge in [-0.25, -0.2) is 0 Å². The van der Waals surface area contributed by atoms with Gasteiger partial charge in [0.05, 0.1) is 6.54 Å². The van der Waals surface area contributed by atoms with Gasteiger partial charge < -0.3 is 4.57 Å². The van der Waals surface area contributed by atoms with Gasteiger partial charge in [-0.2, -0.15) is 0 Å². The number of hydrogen-bond donors (Lipinski definition) is 0. The monoisotopic (exact) mass is 261 g/mol. The lowest BCUT2D eigenvalue weighted by molar-refractivity contribution is 0.0970. The average Bonchev–Trinajstić information content (AvgIpc) is 2.34. The Morgan fingerprint density at radius 1 is 1.22 bits per heavy atom. The Hall–Kier alpha value is -1.87. The quantitative estimate of drug-likeness (QED) is 0.797. The predicted octanol–water partition coefficient (Wildman–Crippen LogP) is 2.69. The molecule has 0 fully saturated rings. The molecule has 0 radical (unpaired) electrons. The van der Waals surface area contributed by atoms with Gasteiger partial charge in [0.2, 0.25) is 0 Å². The summed E-state index contributed by atoms with van der Waals surface area (Å²) in [5, 5.41) is 0.512. The molecule has 0 spiro atoms. The summed E-state index contributed by atoms with van der Waals surface area (Å²) >= 11 is 5.83. The number of carbonyl (C=O) groups is 1. The number of pyridine rings is 1. The van der Waals surface area contributed by atoms with E-state index in [1.807, 2.05) is 0 Å². The van der Waals surface area contributed by atoms with Crippen LogP contribution < -0.4 is 5.56 Å². The maximum atomic E-state index is 12.1. The van der Waals surface area contributed by atoms with Gasteiger partial charge in [0, 0.05) is 22.3 Å². The van der Waals surface area contributed by atoms with E-state index in [9.17, 15) is 9.59 Å². The lowest BCUT2D eigenvalue weighted by Gasteiger charge is -2.08. The molecule has 18 heavy (non-hydrogen) atoms. The molecule has 0 saturated heterocycles. The van der Waals surface area contributed by atoms with Crippen LogP contribution in [0.25, 0.3) is 0 Å². The summed E-state index contributed by atoms with van der Waals surface area (Å²) < 4.78 is 1.45. The van der Waals surface area contributed by atoms with E-state index in [4.69, 9.17) is 11.6 Å². The van der Waals surface area contributed by atoms with Crippen LogP contribution >= 0.6 is 11.6 Å². The minimum Gasteiger partial charge on any atom is -0.305 e. The van der Waals surface area contributed by atoms with Crippen molar-refractivity contribution in [2.75, 3.05) is 0 Å². The van der Waals surface area contributed by atoms with Crippen molar-refractivity contribution in [2.45, 2.75) is 13.5 Å². The minimum atomic E-state index is -0.176. The van der Waals surface area contributed by atoms with Crippen LogP contribution in [0.3, 0.4) is 0 Å². The number of nitrogens with zero attached hydrogens (tertiary/aromatic N) is 1. The summed E-state index contributed by atoms with van der Waals surface area (Å²) in [6.07, 6.45) is 0. The van der Waals surface area contributed by atoms with Crippen molar-refractivity contribution in [3.63, 3.8) is 0 Å². The minimum absolute atomic E-state index is 0.0336. The maximum Gasteiger partial charge on any atom is 0.251 e. The molecule has 1 aromatic carbocycles. The standard InChI is InChI=1S/C14H12ClNO2/c1-10-4-2-7-14(18)16(10)9-13(17)11-5-3-6-12(15)8-11/h2-8H,9H2,1H3. The van der Waals surface area contributed by atoms with Crippen LogP contribution in [-0.4, -0.2) is 10.4 Å². The molecule has 0 aliphatic carbocycles. The van der Waals surface area contributed by atoms with E-state index < -0.39 is 0 Å². The lowest BCUT2D eigenvalue weighted by atomic mass is 10.1. The summed E-state index contributed by atoms with van der Waals surface area (Å²) in [6.45, 7) is 1.83. The highest BCUT2D eigenvalue weighted by Crippen LogP contribution is 2.11. The second-order valence-electron chi connectivity index (χ2n) is 4.03. The van der Waals surface area contributed by atoms with Crippen LogP contribution in [-0.2, 0) is 6.54 Å². The summed E-state index contributed by atoms with van der Waals surface area (Å²) in [5.41, 5.74) is 1.10. The van der Waals surface area contributed by atoms with Crippen LogP contribution in [0.2, 0.25) is 5.02 Å². The zero-order valence-corrected chi connectivity index (χ0v) is 10.6. The first kappa shape index (κ1) is 12.6. The predicted molar refractivity (Wildman–Crippen MR) is 71.2 cm³/mol. The number of aromatic nitrogens is 1. The van der Waals surface area contributed by atoms with Gasteiger partial charge in [0.1, 0.15) is 0 Å². The van der Waals surface area contributed by atoms with Crippen LogP contribution in [0.5, 0.6) is 0 Å². The van der Waals surface area contributed by atoms with Crippen LogP contribution in [0.15, 0.2) is 47.3 Å². The third-order valence-electron chi connectivity index (χ3n) is 2.72. The number of aryl methyl sites for hydroxylation is 1. The zero-order valence-electron chi connectivity index (χ0n) is 9.89. The van der Waals surface area contributed by atoms with Crippen molar-refractivity contribution in [1.82, 2.24) is 4.57 Å². The number of benzene rings is 1. The molecule has 0 aliphatic rings. The molecule has 0 amide bonds. The van der Waals surface area contributed by atoms with Gasteiger partial charge in [-0.1, -0.05) is 29.8 Å². The molecule has 2 rings (SSSR count). The SMILES string of the molecule is Cc1cccc(=O)n1CC(=O)c1cccc(Cl)c1. The van der Waals surface area contributed by atoms with Gasteiger partial charge >= 0.3 is 0 Å². The topological polar surface area (TPSA) is 39.1 Å². The number of hydrogen-bond acceptors (Lipinski definition) is 2. The van der Waals surface area contributed by atoms with Gasteiger partial charge in [-0.15, -0.1) is 0 Å². The Balaban J connectivity index is 2.30. The fourth-order valence-corrected chi connectivity index (χ4v) is 1.91. The summed E-state index contributed by atoms with van der Waals surface area (Å²) in [7, 11) is 0. The Morgan fingerprint density at radius 3 is 2.61 bits per heavy atom. The molecule has 0 bridgehead atoms. The first-order valence-corrected chi connectivity index (χ1v) is 5.91. The van der Waals surface area contributed by atoms with E-state index in [2.05, 4.69) is 0 Å². The highest BCUT2D eigenvalue weighted by atomic mass is 35.5. The third kappa shape index (κ3) is 2.68. The van der Waals surface area contributed by atoms with Gasteiger partial charge in [0.15, 0.2) is 5.78 Å². The molecule has 92 valence electrons. The van der Waals surface area contributed by atoms with Gasteiger partial charge in [-0.3, -0.25) is 9.59 Å². The summed E-state index contributed by atoms with van der Waals surface area (Å²) in [5.74, 6) is -0.131. The smallest absolute Gasteiger partial charge is 0.251 e. The molecule has 0 unspecified atom stereocenters. The van der Waals surface area contributed by atoms with E-state index in [0.717, 1.165) is 5.69 Å². The Bertz CT molecular complexity index is 646. The third-order valence-corrected chi connectivity index (χ3v) is 2.95. The highest BCUT2D eigenvalue weighted by Gasteiger charge is 2.09. The maximum absolute atomic E-state index is 12.1. The first-order valence-electron chi connectivity index (χ1n) is 5.53. The largest absolute Gasteiger partial charge is 0.305 e. The normalized spacial score (nSPS) is 10.3. The van der Waals surface area contributed by atoms with Crippen molar-refractivity contribution < 1.29 is 4.79 Å². The number of Topliss-reactive ketones (excluding diaryl/α,β-unsaturated/α-hetero) is 1. The van der Waals surface area contributed by atoms with Gasteiger partial charge in [0.25, 0.3) is 5.56 Å². The number of halogens is 1. The highest BCUT2D eigenvalue weighted by molar-refractivity contribution is 6.31. The molecule has 0 aliphatic heterocycles. The Kier molecular flexibility index (Phi) is 3.63. The lowest BCUT2D eigenvalue weighted by Crippen LogP contribution is -2.25. The van der Waals surface area contributed by atoms with Crippen molar-refractivity contribution in [3.05, 3.63) is 69.1 Å². The summed E-state index contributed by atoms with van der Waals surface area (Å²) in [6, 6.07) is 11.6. The second kappa shape index (κ2) is 5.19. The number of ketones is 1. The zero-order chi connectivity index (χ0) is 13.1. The molecule has 1 heterocycles. The van der Waals surface area contributed by atoms with Crippen molar-refractivity contribution in [1.29, 1.82) is 0 Å². The molecule has 4 heteroatoms. The van der Waals surface area contributed by atoms with E-state index >= 15 is 0 Å². The number of rotatable bonds is 3. The molecular weight excluding hydrogens is 250 g/mol. The van der Waals surface area contributed by atoms with Crippen molar-refractivity contribution in [3.8, 4) is 0 Å². The molecule has 0 N–H and O–H groups in total. The fourth-order valence-electron chi connectivity index (χ4n) is 1.72.